The molecular weight excluding hydrogens is 165 g/mol. The van der Waals surface area contributed by atoms with E-state index in [-0.39, 0.29) is 0 Å². The van der Waals surface area contributed by atoms with Gasteiger partial charge in [-0.05, 0) is 5.82 Å². The highest BCUT2D eigenvalue weighted by molar-refractivity contribution is 7.70. The van der Waals surface area contributed by atoms with E-state index in [9.17, 15) is 0 Å². The molecule has 1 aliphatic rings. The van der Waals surface area contributed by atoms with Crippen LogP contribution in [0, 0.1) is 5.92 Å². The second-order valence-corrected chi connectivity index (χ2v) is 5.16. The fraction of sp³-hybridized carbons (Fsp3) is 1.00. The minimum absolute atomic E-state index is 0.549. The summed E-state index contributed by atoms with van der Waals surface area (Å²) < 4.78 is 5.81. The standard InChI is InChI=1S/C8H19B2OP/c1-5-7(4)10-8(6(2)3)9-12-11-10/h6-9,12H,5H2,1-4H3. The fourth-order valence-electron chi connectivity index (χ4n) is 1.83. The third-order valence-electron chi connectivity index (χ3n) is 3.02. The molecule has 0 aromatic heterocycles. The Hall–Kier alpha value is 0.520. The molecule has 0 saturated carbocycles. The predicted molar refractivity (Wildman–Crippen MR) is 60.6 cm³/mol. The van der Waals surface area contributed by atoms with Crippen LogP contribution < -0.4 is 0 Å². The molecule has 0 aromatic carbocycles. The molecule has 1 aliphatic heterocycles. The summed E-state index contributed by atoms with van der Waals surface area (Å²) in [4.78, 5) is 0. The van der Waals surface area contributed by atoms with Gasteiger partial charge in [0.1, 0.15) is 0 Å². The molecule has 1 fully saturated rings. The maximum absolute atomic E-state index is 5.81. The van der Waals surface area contributed by atoms with Gasteiger partial charge in [0.25, 0.3) is 6.92 Å². The van der Waals surface area contributed by atoms with Gasteiger partial charge in [0, 0.05) is 0 Å². The lowest BCUT2D eigenvalue weighted by Crippen LogP contribution is -2.27. The average molecular weight is 184 g/mol. The van der Waals surface area contributed by atoms with E-state index in [1.807, 2.05) is 0 Å². The van der Waals surface area contributed by atoms with Crippen molar-refractivity contribution in [3.8, 4) is 0 Å². The SMILES string of the molecule is CCC(C)B1OPBC1C(C)C. The highest BCUT2D eigenvalue weighted by Crippen LogP contribution is 2.42. The summed E-state index contributed by atoms with van der Waals surface area (Å²) in [5, 5.41) is 0. The third kappa shape index (κ3) is 2.26. The van der Waals surface area contributed by atoms with Gasteiger partial charge in [0.05, 0.1) is 0 Å². The summed E-state index contributed by atoms with van der Waals surface area (Å²) >= 11 is 0. The van der Waals surface area contributed by atoms with E-state index in [4.69, 9.17) is 4.44 Å². The second-order valence-electron chi connectivity index (χ2n) is 4.22. The van der Waals surface area contributed by atoms with Crippen molar-refractivity contribution in [1.29, 1.82) is 0 Å². The molecule has 4 heteroatoms. The molecule has 1 nitrogen and oxygen atoms in total. The third-order valence-corrected chi connectivity index (χ3v) is 4.10. The van der Waals surface area contributed by atoms with Crippen LogP contribution in [0.1, 0.15) is 34.1 Å². The molecule has 1 rings (SSSR count). The van der Waals surface area contributed by atoms with E-state index in [1.165, 1.54) is 13.4 Å². The quantitative estimate of drug-likeness (QED) is 0.483. The molecule has 0 aromatic rings. The first-order valence-electron chi connectivity index (χ1n) is 5.05. The second kappa shape index (κ2) is 4.67. The van der Waals surface area contributed by atoms with Gasteiger partial charge in [-0.15, -0.1) is 0 Å². The summed E-state index contributed by atoms with van der Waals surface area (Å²) in [6.45, 7) is 11.1. The Morgan fingerprint density at radius 1 is 1.50 bits per heavy atom. The zero-order chi connectivity index (χ0) is 9.14. The van der Waals surface area contributed by atoms with Crippen molar-refractivity contribution in [2.45, 2.75) is 45.6 Å². The van der Waals surface area contributed by atoms with E-state index in [0.29, 0.717) is 6.92 Å². The van der Waals surface area contributed by atoms with Crippen LogP contribution in [0.15, 0.2) is 0 Å². The summed E-state index contributed by atoms with van der Waals surface area (Å²) in [5.74, 6) is 1.53. The van der Waals surface area contributed by atoms with Crippen LogP contribution in [-0.4, -0.2) is 13.9 Å². The Bertz CT molecular complexity index is 143. The van der Waals surface area contributed by atoms with Gasteiger partial charge in [0.2, 0.25) is 0 Å². The van der Waals surface area contributed by atoms with Gasteiger partial charge in [-0.1, -0.05) is 54.4 Å². The van der Waals surface area contributed by atoms with Crippen LogP contribution in [0.3, 0.4) is 0 Å². The Kier molecular flexibility index (Phi) is 4.13. The lowest BCUT2D eigenvalue weighted by Gasteiger charge is -2.22. The van der Waals surface area contributed by atoms with Gasteiger partial charge in [0.15, 0.2) is 7.00 Å². The summed E-state index contributed by atoms with van der Waals surface area (Å²) in [6, 6.07) is 0. The minimum Gasteiger partial charge on any atom is -0.425 e. The van der Waals surface area contributed by atoms with Crippen molar-refractivity contribution in [3.05, 3.63) is 0 Å². The lowest BCUT2D eigenvalue weighted by molar-refractivity contribution is 0.575. The average Bonchev–Trinajstić information content (AvgIpc) is 2.50. The molecule has 0 radical (unpaired) electrons. The van der Waals surface area contributed by atoms with Gasteiger partial charge < -0.3 is 4.44 Å². The molecule has 1 saturated heterocycles. The topological polar surface area (TPSA) is 9.23 Å². The van der Waals surface area contributed by atoms with Crippen molar-refractivity contribution >= 4 is 22.6 Å². The molecule has 68 valence electrons. The summed E-state index contributed by atoms with van der Waals surface area (Å²) in [5.41, 5.74) is 0.818. The van der Waals surface area contributed by atoms with Crippen LogP contribution >= 0.6 is 8.69 Å². The van der Waals surface area contributed by atoms with Gasteiger partial charge >= 0.3 is 0 Å². The van der Waals surface area contributed by atoms with E-state index in [2.05, 4.69) is 27.7 Å². The molecule has 3 unspecified atom stereocenters. The van der Waals surface area contributed by atoms with Crippen LogP contribution in [0.4, 0.5) is 0 Å². The molecule has 0 amide bonds. The minimum atomic E-state index is 0.549. The molecule has 12 heavy (non-hydrogen) atoms. The Morgan fingerprint density at radius 3 is 2.67 bits per heavy atom. The number of rotatable bonds is 3. The van der Waals surface area contributed by atoms with Crippen molar-refractivity contribution < 1.29 is 4.44 Å². The monoisotopic (exact) mass is 184 g/mol. The van der Waals surface area contributed by atoms with Crippen LogP contribution in [0.2, 0.25) is 11.5 Å². The zero-order valence-corrected chi connectivity index (χ0v) is 9.63. The first-order chi connectivity index (χ1) is 5.66. The molecule has 1 heterocycles. The Balaban J connectivity index is 2.51. The lowest BCUT2D eigenvalue weighted by atomic mass is 9.38. The highest BCUT2D eigenvalue weighted by Gasteiger charge is 2.38. The van der Waals surface area contributed by atoms with Crippen molar-refractivity contribution in [3.63, 3.8) is 0 Å². The van der Waals surface area contributed by atoms with Crippen molar-refractivity contribution in [2.24, 2.45) is 5.92 Å². The van der Waals surface area contributed by atoms with Crippen molar-refractivity contribution in [2.75, 3.05) is 0 Å². The van der Waals surface area contributed by atoms with Crippen LogP contribution in [-0.2, 0) is 4.44 Å². The first kappa shape index (κ1) is 10.6. The summed E-state index contributed by atoms with van der Waals surface area (Å²) in [7, 11) is 0.758. The van der Waals surface area contributed by atoms with E-state index in [0.717, 1.165) is 26.1 Å². The first-order valence-corrected chi connectivity index (χ1v) is 6.16. The Morgan fingerprint density at radius 2 is 2.17 bits per heavy atom. The van der Waals surface area contributed by atoms with Gasteiger partial charge in [-0.2, -0.15) is 0 Å². The number of hydrogen-bond donors (Lipinski definition) is 0. The van der Waals surface area contributed by atoms with Crippen molar-refractivity contribution in [1.82, 2.24) is 0 Å². The van der Waals surface area contributed by atoms with E-state index < -0.39 is 0 Å². The highest BCUT2D eigenvalue weighted by atomic mass is 31.1. The number of hydrogen-bond acceptors (Lipinski definition) is 1. The predicted octanol–water partition coefficient (Wildman–Crippen LogP) is 2.74. The largest absolute Gasteiger partial charge is 0.425 e. The molecule has 0 spiro atoms. The maximum atomic E-state index is 5.81. The fourth-order valence-corrected chi connectivity index (χ4v) is 3.42. The maximum Gasteiger partial charge on any atom is 0.295 e. The zero-order valence-electron chi connectivity index (χ0n) is 8.63. The molecule has 3 atom stereocenters. The van der Waals surface area contributed by atoms with Crippen LogP contribution in [0.5, 0.6) is 0 Å². The van der Waals surface area contributed by atoms with Gasteiger partial charge in [-0.3, -0.25) is 0 Å². The van der Waals surface area contributed by atoms with Gasteiger partial charge in [-0.25, -0.2) is 0 Å². The smallest absolute Gasteiger partial charge is 0.295 e. The van der Waals surface area contributed by atoms with E-state index >= 15 is 0 Å². The molecule has 0 bridgehead atoms. The molecular formula is C8H19B2OP. The molecule has 0 N–H and O–H groups in total. The normalized spacial score (nSPS) is 28.1. The summed E-state index contributed by atoms with van der Waals surface area (Å²) in [6.07, 6.45) is 1.25. The molecule has 0 aliphatic carbocycles. The van der Waals surface area contributed by atoms with Crippen LogP contribution in [0.25, 0.3) is 0 Å². The van der Waals surface area contributed by atoms with E-state index in [1.54, 1.807) is 0 Å². The Labute approximate surface area is 79.2 Å².